The maximum Gasteiger partial charge on any atom is 0.163 e. The predicted octanol–water partition coefficient (Wildman–Crippen LogP) is 3.13. The van der Waals surface area contributed by atoms with Gasteiger partial charge in [-0.25, -0.2) is 4.39 Å². The Bertz CT molecular complexity index is 388. The van der Waals surface area contributed by atoms with Crippen molar-refractivity contribution in [3.63, 3.8) is 0 Å². The normalized spacial score (nSPS) is 17.1. The van der Waals surface area contributed by atoms with Gasteiger partial charge in [0.25, 0.3) is 0 Å². The fraction of sp³-hybridized carbons (Fsp3) is 0.500. The third-order valence-corrected chi connectivity index (χ3v) is 3.18. The van der Waals surface area contributed by atoms with E-state index < -0.39 is 0 Å². The van der Waals surface area contributed by atoms with E-state index in [0.29, 0.717) is 17.9 Å². The molecule has 0 radical (unpaired) electrons. The number of Topliss-reactive ketones (excluding diaryl/α,β-unsaturated/α-hetero) is 1. The van der Waals surface area contributed by atoms with E-state index in [2.05, 4.69) is 0 Å². The molecule has 2 nitrogen and oxygen atoms in total. The molecule has 0 bridgehead atoms. The van der Waals surface area contributed by atoms with Gasteiger partial charge in [-0.3, -0.25) is 4.79 Å². The van der Waals surface area contributed by atoms with Crippen LogP contribution in [0.15, 0.2) is 18.2 Å². The second kappa shape index (κ2) is 5.41. The maximum absolute atomic E-state index is 13.2. The summed E-state index contributed by atoms with van der Waals surface area (Å²) in [6.07, 6.45) is 2.37. The predicted molar refractivity (Wildman–Crippen MR) is 63.6 cm³/mol. The molecule has 92 valence electrons. The van der Waals surface area contributed by atoms with Gasteiger partial charge in [-0.05, 0) is 49.4 Å². The van der Waals surface area contributed by atoms with Gasteiger partial charge in [0.05, 0.1) is 0 Å². The highest BCUT2D eigenvalue weighted by molar-refractivity contribution is 5.96. The van der Waals surface area contributed by atoms with E-state index in [1.54, 1.807) is 13.0 Å². The Labute approximate surface area is 101 Å². The fourth-order valence-corrected chi connectivity index (χ4v) is 2.23. The van der Waals surface area contributed by atoms with Gasteiger partial charge in [0.1, 0.15) is 5.82 Å². The van der Waals surface area contributed by atoms with Crippen molar-refractivity contribution in [2.75, 3.05) is 13.2 Å². The molecular weight excluding hydrogens is 219 g/mol. The van der Waals surface area contributed by atoms with Crippen LogP contribution in [0.3, 0.4) is 0 Å². The Balaban J connectivity index is 2.03. The summed E-state index contributed by atoms with van der Waals surface area (Å²) in [5.74, 6) is 0.0969. The van der Waals surface area contributed by atoms with E-state index in [4.69, 9.17) is 4.74 Å². The number of aryl methyl sites for hydroxylation is 1. The minimum Gasteiger partial charge on any atom is -0.381 e. The van der Waals surface area contributed by atoms with Gasteiger partial charge < -0.3 is 4.74 Å². The quantitative estimate of drug-likeness (QED) is 0.754. The number of halogens is 1. The Morgan fingerprint density at radius 2 is 2.06 bits per heavy atom. The first-order chi connectivity index (χ1) is 8.15. The van der Waals surface area contributed by atoms with Gasteiger partial charge in [-0.1, -0.05) is 0 Å². The van der Waals surface area contributed by atoms with Crippen LogP contribution in [0.25, 0.3) is 0 Å². The zero-order chi connectivity index (χ0) is 12.3. The van der Waals surface area contributed by atoms with Crippen molar-refractivity contribution >= 4 is 5.78 Å². The first kappa shape index (κ1) is 12.2. The van der Waals surface area contributed by atoms with Crippen molar-refractivity contribution in [1.29, 1.82) is 0 Å². The fourth-order valence-electron chi connectivity index (χ4n) is 2.23. The summed E-state index contributed by atoms with van der Waals surface area (Å²) in [5, 5.41) is 0. The van der Waals surface area contributed by atoms with E-state index >= 15 is 0 Å². The van der Waals surface area contributed by atoms with Crippen molar-refractivity contribution in [2.45, 2.75) is 26.2 Å². The average Bonchev–Trinajstić information content (AvgIpc) is 2.29. The number of benzene rings is 1. The van der Waals surface area contributed by atoms with Crippen LogP contribution >= 0.6 is 0 Å². The molecule has 1 fully saturated rings. The summed E-state index contributed by atoms with van der Waals surface area (Å²) >= 11 is 0. The Morgan fingerprint density at radius 1 is 1.35 bits per heavy atom. The summed E-state index contributed by atoms with van der Waals surface area (Å²) in [6, 6.07) is 4.52. The smallest absolute Gasteiger partial charge is 0.163 e. The molecule has 1 aromatic rings. The second-order valence-corrected chi connectivity index (χ2v) is 4.70. The molecule has 17 heavy (non-hydrogen) atoms. The van der Waals surface area contributed by atoms with E-state index in [9.17, 15) is 9.18 Å². The molecule has 2 rings (SSSR count). The third kappa shape index (κ3) is 3.37. The first-order valence-electron chi connectivity index (χ1n) is 6.03. The lowest BCUT2D eigenvalue weighted by atomic mass is 9.91. The van der Waals surface area contributed by atoms with Crippen LogP contribution in [0.4, 0.5) is 4.39 Å². The Kier molecular flexibility index (Phi) is 3.89. The molecule has 1 aliphatic rings. The maximum atomic E-state index is 13.2. The molecule has 1 heterocycles. The van der Waals surface area contributed by atoms with Crippen LogP contribution in [0, 0.1) is 18.7 Å². The van der Waals surface area contributed by atoms with Gasteiger partial charge in [-0.2, -0.15) is 0 Å². The van der Waals surface area contributed by atoms with Gasteiger partial charge in [0.2, 0.25) is 0 Å². The summed E-state index contributed by atoms with van der Waals surface area (Å²) < 4.78 is 18.4. The zero-order valence-corrected chi connectivity index (χ0v) is 10.0. The summed E-state index contributed by atoms with van der Waals surface area (Å²) in [5.41, 5.74) is 1.29. The number of hydrogen-bond acceptors (Lipinski definition) is 2. The standard InChI is InChI=1S/C14H17FO2/c1-10-6-12(9-13(15)7-10)14(16)8-11-2-4-17-5-3-11/h6-7,9,11H,2-5,8H2,1H3. The Morgan fingerprint density at radius 3 is 2.71 bits per heavy atom. The van der Waals surface area contributed by atoms with Crippen LogP contribution in [0.1, 0.15) is 35.2 Å². The second-order valence-electron chi connectivity index (χ2n) is 4.70. The molecule has 0 spiro atoms. The van der Waals surface area contributed by atoms with Crippen LogP contribution in [0.2, 0.25) is 0 Å². The molecule has 0 saturated carbocycles. The summed E-state index contributed by atoms with van der Waals surface area (Å²) in [7, 11) is 0. The zero-order valence-electron chi connectivity index (χ0n) is 10.0. The van der Waals surface area contributed by atoms with Gasteiger partial charge in [0, 0.05) is 25.2 Å². The molecule has 0 aromatic heterocycles. The number of rotatable bonds is 3. The summed E-state index contributed by atoms with van der Waals surface area (Å²) in [4.78, 5) is 12.0. The molecule has 1 aromatic carbocycles. The van der Waals surface area contributed by atoms with Crippen LogP contribution in [-0.2, 0) is 4.74 Å². The van der Waals surface area contributed by atoms with E-state index in [1.807, 2.05) is 0 Å². The lowest BCUT2D eigenvalue weighted by Crippen LogP contribution is -2.18. The van der Waals surface area contributed by atoms with Crippen molar-refractivity contribution < 1.29 is 13.9 Å². The molecule has 0 unspecified atom stereocenters. The van der Waals surface area contributed by atoms with Crippen molar-refractivity contribution in [3.8, 4) is 0 Å². The Hall–Kier alpha value is -1.22. The van der Waals surface area contributed by atoms with Gasteiger partial charge in [0.15, 0.2) is 5.78 Å². The number of carbonyl (C=O) groups is 1. The van der Waals surface area contributed by atoms with Crippen LogP contribution in [0.5, 0.6) is 0 Å². The molecule has 1 aliphatic heterocycles. The van der Waals surface area contributed by atoms with Crippen LogP contribution in [-0.4, -0.2) is 19.0 Å². The lowest BCUT2D eigenvalue weighted by Gasteiger charge is -2.21. The highest BCUT2D eigenvalue weighted by atomic mass is 19.1. The summed E-state index contributed by atoms with van der Waals surface area (Å²) in [6.45, 7) is 3.27. The van der Waals surface area contributed by atoms with Gasteiger partial charge in [-0.15, -0.1) is 0 Å². The van der Waals surface area contributed by atoms with Gasteiger partial charge >= 0.3 is 0 Å². The molecule has 0 N–H and O–H groups in total. The number of carbonyl (C=O) groups excluding carboxylic acids is 1. The van der Waals surface area contributed by atoms with Crippen LogP contribution < -0.4 is 0 Å². The first-order valence-corrected chi connectivity index (χ1v) is 6.03. The molecule has 1 saturated heterocycles. The molecule has 3 heteroatoms. The van der Waals surface area contributed by atoms with Crippen molar-refractivity contribution in [1.82, 2.24) is 0 Å². The number of hydrogen-bond donors (Lipinski definition) is 0. The highest BCUT2D eigenvalue weighted by Gasteiger charge is 2.18. The largest absolute Gasteiger partial charge is 0.381 e. The van der Waals surface area contributed by atoms with E-state index in [-0.39, 0.29) is 11.6 Å². The van der Waals surface area contributed by atoms with Crippen molar-refractivity contribution in [2.24, 2.45) is 5.92 Å². The molecular formula is C14H17FO2. The minimum absolute atomic E-state index is 0.0412. The third-order valence-electron chi connectivity index (χ3n) is 3.18. The molecule has 0 amide bonds. The number of ketones is 1. The molecule has 0 aliphatic carbocycles. The lowest BCUT2D eigenvalue weighted by molar-refractivity contribution is 0.0601. The van der Waals surface area contributed by atoms with E-state index in [0.717, 1.165) is 31.6 Å². The highest BCUT2D eigenvalue weighted by Crippen LogP contribution is 2.21. The number of ether oxygens (including phenoxy) is 1. The minimum atomic E-state index is -0.333. The average molecular weight is 236 g/mol. The van der Waals surface area contributed by atoms with Crippen molar-refractivity contribution in [3.05, 3.63) is 35.1 Å². The molecule has 0 atom stereocenters. The monoisotopic (exact) mass is 236 g/mol. The SMILES string of the molecule is Cc1cc(F)cc(C(=O)CC2CCOCC2)c1. The topological polar surface area (TPSA) is 26.3 Å². The van der Waals surface area contributed by atoms with E-state index in [1.165, 1.54) is 12.1 Å².